The second-order valence-electron chi connectivity index (χ2n) is 6.93. The van der Waals surface area contributed by atoms with Crippen molar-refractivity contribution in [3.8, 4) is 11.6 Å². The van der Waals surface area contributed by atoms with Gasteiger partial charge in [0.2, 0.25) is 0 Å². The molecule has 8 nitrogen and oxygen atoms in total. The maximum Gasteiger partial charge on any atom is 0.573 e. The third kappa shape index (κ3) is 4.76. The minimum Gasteiger partial charge on any atom is -0.406 e. The third-order valence-corrected chi connectivity index (χ3v) is 4.94. The molecule has 11 heteroatoms. The molecule has 1 aromatic carbocycles. The summed E-state index contributed by atoms with van der Waals surface area (Å²) in [7, 11) is 0. The predicted octanol–water partition coefficient (Wildman–Crippen LogP) is 2.83. The molecule has 3 heterocycles. The lowest BCUT2D eigenvalue weighted by molar-refractivity contribution is -0.274. The Morgan fingerprint density at radius 3 is 2.29 bits per heavy atom. The van der Waals surface area contributed by atoms with Gasteiger partial charge in [-0.2, -0.15) is 0 Å². The van der Waals surface area contributed by atoms with E-state index in [2.05, 4.69) is 24.6 Å². The van der Waals surface area contributed by atoms with Gasteiger partial charge in [-0.05, 0) is 31.2 Å². The number of ether oxygens (including phenoxy) is 1. The number of halogens is 3. The molecule has 0 saturated carbocycles. The van der Waals surface area contributed by atoms with Gasteiger partial charge in [0.1, 0.15) is 29.5 Å². The molecule has 31 heavy (non-hydrogen) atoms. The number of benzene rings is 1. The summed E-state index contributed by atoms with van der Waals surface area (Å²) in [4.78, 5) is 29.2. The Hall–Kier alpha value is -3.63. The Labute approximate surface area is 175 Å². The average Bonchev–Trinajstić information content (AvgIpc) is 3.19. The van der Waals surface area contributed by atoms with Crippen LogP contribution in [0.2, 0.25) is 0 Å². The molecule has 162 valence electrons. The predicted molar refractivity (Wildman–Crippen MR) is 105 cm³/mol. The molecule has 0 bridgehead atoms. The van der Waals surface area contributed by atoms with Gasteiger partial charge in [0.15, 0.2) is 0 Å². The molecule has 1 fully saturated rings. The molecule has 3 aromatic rings. The topological polar surface area (TPSA) is 76.4 Å². The van der Waals surface area contributed by atoms with Crippen LogP contribution in [0.3, 0.4) is 0 Å². The molecule has 0 N–H and O–H groups in total. The van der Waals surface area contributed by atoms with Gasteiger partial charge in [-0.3, -0.25) is 9.36 Å². The first-order valence-corrected chi connectivity index (χ1v) is 9.52. The highest BCUT2D eigenvalue weighted by Crippen LogP contribution is 2.23. The van der Waals surface area contributed by atoms with Gasteiger partial charge in [-0.25, -0.2) is 15.0 Å². The molecule has 1 amide bonds. The zero-order chi connectivity index (χ0) is 22.0. The van der Waals surface area contributed by atoms with Crippen molar-refractivity contribution in [1.29, 1.82) is 0 Å². The summed E-state index contributed by atoms with van der Waals surface area (Å²) in [5.41, 5.74) is 0.308. The van der Waals surface area contributed by atoms with Crippen LogP contribution >= 0.6 is 0 Å². The molecule has 0 spiro atoms. The second kappa shape index (κ2) is 8.25. The van der Waals surface area contributed by atoms with Crippen LogP contribution in [0.25, 0.3) is 5.82 Å². The molecule has 0 aliphatic carbocycles. The number of carbonyl (C=O) groups is 1. The SMILES string of the molecule is Cc1nccn1-c1cc(N2CCN(C(=O)c3ccc(OC(F)(F)F)cc3)CC2)ncn1. The van der Waals surface area contributed by atoms with Gasteiger partial charge >= 0.3 is 6.36 Å². The zero-order valence-electron chi connectivity index (χ0n) is 16.6. The van der Waals surface area contributed by atoms with E-state index in [-0.39, 0.29) is 11.7 Å². The van der Waals surface area contributed by atoms with Crippen LogP contribution in [-0.2, 0) is 0 Å². The molecule has 0 radical (unpaired) electrons. The van der Waals surface area contributed by atoms with Crippen molar-refractivity contribution in [2.24, 2.45) is 0 Å². The quantitative estimate of drug-likeness (QED) is 0.631. The molecule has 0 unspecified atom stereocenters. The maximum absolute atomic E-state index is 12.7. The molecule has 1 aliphatic heterocycles. The number of rotatable bonds is 4. The second-order valence-corrected chi connectivity index (χ2v) is 6.93. The average molecular weight is 432 g/mol. The van der Waals surface area contributed by atoms with Crippen LogP contribution in [0.15, 0.2) is 49.1 Å². The largest absolute Gasteiger partial charge is 0.573 e. The van der Waals surface area contributed by atoms with Gasteiger partial charge in [0.25, 0.3) is 5.91 Å². The number of carbonyl (C=O) groups excluding carboxylic acids is 1. The van der Waals surface area contributed by atoms with Gasteiger partial charge in [-0.1, -0.05) is 0 Å². The standard InChI is InChI=1S/C20H19F3N6O2/c1-14-24-6-7-29(14)18-12-17(25-13-26-18)27-8-10-28(11-9-27)19(30)15-2-4-16(5-3-15)31-20(21,22)23/h2-7,12-13H,8-11H2,1H3. The number of nitrogens with zero attached hydrogens (tertiary/aromatic N) is 6. The van der Waals surface area contributed by atoms with E-state index in [1.54, 1.807) is 11.1 Å². The van der Waals surface area contributed by atoms with E-state index >= 15 is 0 Å². The van der Waals surface area contributed by atoms with Crippen LogP contribution in [0.1, 0.15) is 16.2 Å². The fraction of sp³-hybridized carbons (Fsp3) is 0.300. The third-order valence-electron chi connectivity index (χ3n) is 4.94. The first kappa shape index (κ1) is 20.6. The zero-order valence-corrected chi connectivity index (χ0v) is 16.6. The lowest BCUT2D eigenvalue weighted by Gasteiger charge is -2.35. The maximum atomic E-state index is 12.7. The van der Waals surface area contributed by atoms with Crippen LogP contribution < -0.4 is 9.64 Å². The van der Waals surface area contributed by atoms with E-state index in [0.717, 1.165) is 23.8 Å². The molecular weight excluding hydrogens is 413 g/mol. The van der Waals surface area contributed by atoms with Gasteiger partial charge in [0, 0.05) is 50.2 Å². The van der Waals surface area contributed by atoms with E-state index in [9.17, 15) is 18.0 Å². The minimum atomic E-state index is -4.76. The fourth-order valence-electron chi connectivity index (χ4n) is 3.38. The van der Waals surface area contributed by atoms with Crippen molar-refractivity contribution < 1.29 is 22.7 Å². The number of hydrogen-bond acceptors (Lipinski definition) is 6. The monoisotopic (exact) mass is 432 g/mol. The Bertz CT molecular complexity index is 1060. The van der Waals surface area contributed by atoms with Crippen molar-refractivity contribution in [3.63, 3.8) is 0 Å². The summed E-state index contributed by atoms with van der Waals surface area (Å²) in [6, 6.07) is 6.81. The number of hydrogen-bond donors (Lipinski definition) is 0. The van der Waals surface area contributed by atoms with Crippen LogP contribution in [0, 0.1) is 6.92 Å². The van der Waals surface area contributed by atoms with E-state index in [1.165, 1.54) is 18.5 Å². The van der Waals surface area contributed by atoms with Crippen molar-refractivity contribution in [2.45, 2.75) is 13.3 Å². The molecule has 1 saturated heterocycles. The van der Waals surface area contributed by atoms with Crippen molar-refractivity contribution in [3.05, 3.63) is 60.4 Å². The van der Waals surface area contributed by atoms with E-state index in [0.29, 0.717) is 37.6 Å². The van der Waals surface area contributed by atoms with Crippen LogP contribution in [0.4, 0.5) is 19.0 Å². The Kier molecular flexibility index (Phi) is 5.49. The highest BCUT2D eigenvalue weighted by molar-refractivity contribution is 5.94. The summed E-state index contributed by atoms with van der Waals surface area (Å²) in [5, 5.41) is 0. The number of anilines is 1. The highest BCUT2D eigenvalue weighted by Gasteiger charge is 2.31. The number of amides is 1. The summed E-state index contributed by atoms with van der Waals surface area (Å²) in [5.74, 6) is 1.67. The lowest BCUT2D eigenvalue weighted by atomic mass is 10.1. The number of alkyl halides is 3. The number of piperazine rings is 1. The van der Waals surface area contributed by atoms with E-state index in [4.69, 9.17) is 0 Å². The smallest absolute Gasteiger partial charge is 0.406 e. The number of aryl methyl sites for hydroxylation is 1. The minimum absolute atomic E-state index is 0.240. The summed E-state index contributed by atoms with van der Waals surface area (Å²) >= 11 is 0. The Morgan fingerprint density at radius 2 is 1.68 bits per heavy atom. The Morgan fingerprint density at radius 1 is 1.00 bits per heavy atom. The Balaban J connectivity index is 1.39. The highest BCUT2D eigenvalue weighted by atomic mass is 19.4. The molecular formula is C20H19F3N6O2. The number of aromatic nitrogens is 4. The summed E-state index contributed by atoms with van der Waals surface area (Å²) in [6.45, 7) is 3.95. The van der Waals surface area contributed by atoms with E-state index < -0.39 is 6.36 Å². The van der Waals surface area contributed by atoms with Gasteiger partial charge in [0.05, 0.1) is 0 Å². The van der Waals surface area contributed by atoms with Crippen molar-refractivity contribution >= 4 is 11.7 Å². The van der Waals surface area contributed by atoms with Crippen LogP contribution in [-0.4, -0.2) is 62.9 Å². The molecule has 1 aliphatic rings. The first-order chi connectivity index (χ1) is 14.8. The van der Waals surface area contributed by atoms with Gasteiger partial charge in [-0.15, -0.1) is 13.2 Å². The first-order valence-electron chi connectivity index (χ1n) is 9.52. The van der Waals surface area contributed by atoms with E-state index in [1.807, 2.05) is 23.8 Å². The number of imidazole rings is 1. The fourth-order valence-corrected chi connectivity index (χ4v) is 3.38. The molecule has 4 rings (SSSR count). The van der Waals surface area contributed by atoms with Crippen molar-refractivity contribution in [2.75, 3.05) is 31.1 Å². The summed E-state index contributed by atoms with van der Waals surface area (Å²) < 4.78 is 42.5. The van der Waals surface area contributed by atoms with Crippen LogP contribution in [0.5, 0.6) is 5.75 Å². The summed E-state index contributed by atoms with van der Waals surface area (Å²) in [6.07, 6.45) is 0.248. The lowest BCUT2D eigenvalue weighted by Crippen LogP contribution is -2.49. The molecule has 2 aromatic heterocycles. The normalized spacial score (nSPS) is 14.6. The molecule has 0 atom stereocenters. The van der Waals surface area contributed by atoms with Crippen molar-refractivity contribution in [1.82, 2.24) is 24.4 Å². The van der Waals surface area contributed by atoms with Gasteiger partial charge < -0.3 is 14.5 Å².